The van der Waals surface area contributed by atoms with Crippen molar-refractivity contribution in [1.29, 1.82) is 0 Å². The second-order valence-corrected chi connectivity index (χ2v) is 7.13. The molecule has 3 rings (SSSR count). The predicted octanol–water partition coefficient (Wildman–Crippen LogP) is 3.30. The molecule has 6 nitrogen and oxygen atoms in total. The van der Waals surface area contributed by atoms with Crippen LogP contribution in [0.3, 0.4) is 0 Å². The number of methoxy groups -OCH3 is 1. The van der Waals surface area contributed by atoms with E-state index >= 15 is 0 Å². The Balaban J connectivity index is 1.68. The Morgan fingerprint density at radius 2 is 2.00 bits per heavy atom. The normalized spacial score (nSPS) is 14.1. The van der Waals surface area contributed by atoms with E-state index < -0.39 is 0 Å². The Kier molecular flexibility index (Phi) is 6.98. The molecule has 0 bridgehead atoms. The van der Waals surface area contributed by atoms with Crippen molar-refractivity contribution in [3.8, 4) is 11.5 Å². The third-order valence-corrected chi connectivity index (χ3v) is 5.10. The van der Waals surface area contributed by atoms with Crippen LogP contribution in [0, 0.1) is 0 Å². The molecule has 0 saturated carbocycles. The number of hydrogen-bond acceptors (Lipinski definition) is 4. The second kappa shape index (κ2) is 9.64. The number of piperazine rings is 1. The molecular weight excluding hydrogens is 378 g/mol. The Morgan fingerprint density at radius 3 is 2.64 bits per heavy atom. The number of carbonyl (C=O) groups is 1. The molecule has 1 aromatic heterocycles. The third kappa shape index (κ3) is 4.68. The molecule has 1 aromatic carbocycles. The molecule has 0 aliphatic carbocycles. The highest BCUT2D eigenvalue weighted by Crippen LogP contribution is 2.37. The highest BCUT2D eigenvalue weighted by atomic mass is 35.5. The van der Waals surface area contributed by atoms with Crippen LogP contribution in [-0.4, -0.2) is 50.7 Å². The topological polar surface area (TPSA) is 56.2 Å². The van der Waals surface area contributed by atoms with Crippen molar-refractivity contribution in [3.63, 3.8) is 0 Å². The van der Waals surface area contributed by atoms with Gasteiger partial charge in [0.15, 0.2) is 11.5 Å². The van der Waals surface area contributed by atoms with Gasteiger partial charge in [0.05, 0.1) is 38.0 Å². The van der Waals surface area contributed by atoms with Crippen LogP contribution >= 0.6 is 11.6 Å². The van der Waals surface area contributed by atoms with Gasteiger partial charge in [-0.1, -0.05) is 31.0 Å². The molecule has 1 fully saturated rings. The van der Waals surface area contributed by atoms with E-state index in [-0.39, 0.29) is 5.91 Å². The Labute approximate surface area is 171 Å². The Morgan fingerprint density at radius 1 is 1.21 bits per heavy atom. The van der Waals surface area contributed by atoms with Crippen LogP contribution in [0.5, 0.6) is 11.5 Å². The highest BCUT2D eigenvalue weighted by Gasteiger charge is 2.27. The maximum Gasteiger partial charge on any atom is 0.274 e. The number of amides is 1. The summed E-state index contributed by atoms with van der Waals surface area (Å²) < 4.78 is 11.2. The van der Waals surface area contributed by atoms with Crippen LogP contribution in [0.1, 0.15) is 30.1 Å². The molecule has 1 N–H and O–H groups in total. The van der Waals surface area contributed by atoms with Crippen LogP contribution < -0.4 is 19.4 Å². The fourth-order valence-corrected chi connectivity index (χ4v) is 3.48. The molecule has 0 spiro atoms. The summed E-state index contributed by atoms with van der Waals surface area (Å²) in [6.45, 7) is 5.51. The molecule has 1 saturated heterocycles. The number of benzene rings is 1. The lowest BCUT2D eigenvalue weighted by atomic mass is 10.1. The van der Waals surface area contributed by atoms with Crippen molar-refractivity contribution in [2.24, 2.45) is 0 Å². The number of nitrogens with zero attached hydrogens (tertiary/aromatic N) is 2. The van der Waals surface area contributed by atoms with Gasteiger partial charge in [0.2, 0.25) is 0 Å². The standard InChI is InChI=1S/C21H26ClN3O3/c1-3-4-13-28-20-17(22)14-16(15-18(20)27-2)21(26)25-11-9-24(10-12-25)19-7-5-6-8-23-19/h5-8,14-15H,3-4,9-13H2,1-2H3/p+1. The number of halogens is 1. The van der Waals surface area contributed by atoms with Crippen LogP contribution in [-0.2, 0) is 0 Å². The van der Waals surface area contributed by atoms with Crippen LogP contribution in [0.2, 0.25) is 5.02 Å². The maximum atomic E-state index is 13.0. The molecule has 2 aromatic rings. The molecule has 1 amide bonds. The van der Waals surface area contributed by atoms with E-state index in [1.165, 1.54) is 0 Å². The van der Waals surface area contributed by atoms with E-state index in [0.29, 0.717) is 41.8 Å². The number of nitrogens with one attached hydrogen (secondary N) is 1. The second-order valence-electron chi connectivity index (χ2n) is 6.72. The molecular formula is C21H27ClN3O3+. The molecule has 1 aliphatic heterocycles. The molecule has 0 atom stereocenters. The number of H-pyrrole nitrogens is 1. The average molecular weight is 405 g/mol. The van der Waals surface area contributed by atoms with Gasteiger partial charge < -0.3 is 14.4 Å². The first kappa shape index (κ1) is 20.3. The largest absolute Gasteiger partial charge is 0.493 e. The third-order valence-electron chi connectivity index (χ3n) is 4.82. The number of pyridine rings is 1. The van der Waals surface area contributed by atoms with Gasteiger partial charge in [-0.25, -0.2) is 4.98 Å². The molecule has 150 valence electrons. The molecule has 28 heavy (non-hydrogen) atoms. The van der Waals surface area contributed by atoms with E-state index in [0.717, 1.165) is 31.7 Å². The van der Waals surface area contributed by atoms with Gasteiger partial charge in [0.25, 0.3) is 11.7 Å². The van der Waals surface area contributed by atoms with E-state index in [2.05, 4.69) is 16.8 Å². The monoisotopic (exact) mass is 404 g/mol. The number of aromatic amines is 1. The number of carbonyl (C=O) groups excluding carboxylic acids is 1. The Hall–Kier alpha value is -2.47. The fraction of sp³-hybridized carbons (Fsp3) is 0.429. The maximum absolute atomic E-state index is 13.0. The summed E-state index contributed by atoms with van der Waals surface area (Å²) in [6, 6.07) is 9.38. The minimum absolute atomic E-state index is 0.0444. The summed E-state index contributed by atoms with van der Waals surface area (Å²) in [5.74, 6) is 2.01. The van der Waals surface area contributed by atoms with Crippen molar-refractivity contribution in [2.45, 2.75) is 19.8 Å². The van der Waals surface area contributed by atoms with Crippen molar-refractivity contribution in [1.82, 2.24) is 4.90 Å². The summed E-state index contributed by atoms with van der Waals surface area (Å²) in [6.07, 6.45) is 3.87. The lowest BCUT2D eigenvalue weighted by Crippen LogP contribution is -2.50. The summed E-state index contributed by atoms with van der Waals surface area (Å²) in [4.78, 5) is 20.3. The predicted molar refractivity (Wildman–Crippen MR) is 110 cm³/mol. The van der Waals surface area contributed by atoms with Crippen LogP contribution in [0.4, 0.5) is 5.82 Å². The first-order chi connectivity index (χ1) is 13.6. The SMILES string of the molecule is CCCCOc1c(Cl)cc(C(=O)N2CCN(c3cccc[nH+]3)CC2)cc1OC. The molecule has 2 heterocycles. The number of ether oxygens (including phenoxy) is 2. The smallest absolute Gasteiger partial charge is 0.274 e. The van der Waals surface area contributed by atoms with Gasteiger partial charge >= 0.3 is 0 Å². The number of unbranched alkanes of at least 4 members (excludes halogenated alkanes) is 1. The molecule has 7 heteroatoms. The van der Waals surface area contributed by atoms with Crippen molar-refractivity contribution >= 4 is 23.3 Å². The zero-order valence-electron chi connectivity index (χ0n) is 16.4. The summed E-state index contributed by atoms with van der Waals surface area (Å²) in [7, 11) is 1.56. The van der Waals surface area contributed by atoms with Crippen molar-refractivity contribution < 1.29 is 19.3 Å². The lowest BCUT2D eigenvalue weighted by Gasteiger charge is -2.31. The molecule has 1 aliphatic rings. The van der Waals surface area contributed by atoms with E-state index in [1.807, 2.05) is 29.3 Å². The van der Waals surface area contributed by atoms with Crippen LogP contribution in [0.15, 0.2) is 36.5 Å². The van der Waals surface area contributed by atoms with E-state index in [9.17, 15) is 4.79 Å². The van der Waals surface area contributed by atoms with E-state index in [1.54, 1.807) is 19.2 Å². The number of anilines is 1. The zero-order valence-corrected chi connectivity index (χ0v) is 17.2. The first-order valence-electron chi connectivity index (χ1n) is 9.65. The van der Waals surface area contributed by atoms with Gasteiger partial charge in [-0.2, -0.15) is 0 Å². The first-order valence-corrected chi connectivity index (χ1v) is 10.0. The molecule has 0 radical (unpaired) electrons. The minimum Gasteiger partial charge on any atom is -0.493 e. The zero-order chi connectivity index (χ0) is 19.9. The minimum atomic E-state index is -0.0444. The fourth-order valence-electron chi connectivity index (χ4n) is 3.22. The van der Waals surface area contributed by atoms with Crippen molar-refractivity contribution in [2.75, 3.05) is 44.8 Å². The Bertz CT molecular complexity index is 793. The van der Waals surface area contributed by atoms with Gasteiger partial charge in [0.1, 0.15) is 13.1 Å². The van der Waals surface area contributed by atoms with Gasteiger partial charge in [0, 0.05) is 11.6 Å². The van der Waals surface area contributed by atoms with Gasteiger partial charge in [-0.3, -0.25) is 9.69 Å². The van der Waals surface area contributed by atoms with Gasteiger partial charge in [-0.15, -0.1) is 0 Å². The number of hydrogen-bond donors (Lipinski definition) is 0. The summed E-state index contributed by atoms with van der Waals surface area (Å²) in [5.41, 5.74) is 0.518. The summed E-state index contributed by atoms with van der Waals surface area (Å²) >= 11 is 6.39. The van der Waals surface area contributed by atoms with E-state index in [4.69, 9.17) is 21.1 Å². The van der Waals surface area contributed by atoms with Crippen molar-refractivity contribution in [3.05, 3.63) is 47.1 Å². The van der Waals surface area contributed by atoms with Crippen LogP contribution in [0.25, 0.3) is 0 Å². The highest BCUT2D eigenvalue weighted by molar-refractivity contribution is 6.32. The number of aromatic nitrogens is 1. The average Bonchev–Trinajstić information content (AvgIpc) is 2.75. The quantitative estimate of drug-likeness (QED) is 0.664. The molecule has 0 unspecified atom stereocenters. The van der Waals surface area contributed by atoms with Gasteiger partial charge in [-0.05, 0) is 24.6 Å². The summed E-state index contributed by atoms with van der Waals surface area (Å²) in [5, 5.41) is 0.399. The number of rotatable bonds is 7. The lowest BCUT2D eigenvalue weighted by molar-refractivity contribution is -0.364.